The normalized spacial score (nSPS) is 17.6. The number of hydrogen-bond donors (Lipinski definition) is 0. The van der Waals surface area contributed by atoms with Crippen LogP contribution in [0.15, 0.2) is 90.0 Å². The van der Waals surface area contributed by atoms with Crippen LogP contribution in [0.25, 0.3) is 16.7 Å². The first-order valence-electron chi connectivity index (χ1n) is 13.1. The Labute approximate surface area is 221 Å². The average Bonchev–Trinajstić information content (AvgIpc) is 3.61. The summed E-state index contributed by atoms with van der Waals surface area (Å²) in [6.07, 6.45) is 10.3. The standard InChI is InChI=1S/C30H31N5O3/c1-32(22-9-10-22)18-5-8-29(36)33-19-16-24(21-33)35-27-15-17-31-20-28(27)34(30(35)37)23-11-13-26(14-12-23)38-25-6-3-2-4-7-25/h2-8,11-15,17,20,22,24H,9-10,16,18-19,21H2,1H3. The first-order chi connectivity index (χ1) is 18.6. The van der Waals surface area contributed by atoms with E-state index in [1.54, 1.807) is 23.0 Å². The second-order valence-corrected chi connectivity index (χ2v) is 10.1. The maximum atomic E-state index is 13.8. The van der Waals surface area contributed by atoms with Crippen molar-refractivity contribution in [3.63, 3.8) is 0 Å². The fourth-order valence-electron chi connectivity index (χ4n) is 5.20. The topological polar surface area (TPSA) is 72.6 Å². The molecular formula is C30H31N5O3. The van der Waals surface area contributed by atoms with Gasteiger partial charge in [0.05, 0.1) is 29.0 Å². The molecule has 194 valence electrons. The van der Waals surface area contributed by atoms with Gasteiger partial charge in [0, 0.05) is 37.9 Å². The van der Waals surface area contributed by atoms with Crippen LogP contribution in [0.1, 0.15) is 25.3 Å². The molecule has 1 aliphatic heterocycles. The van der Waals surface area contributed by atoms with E-state index >= 15 is 0 Å². The number of ether oxygens (including phenoxy) is 1. The fraction of sp³-hybridized carbons (Fsp3) is 0.300. The minimum atomic E-state index is -0.134. The summed E-state index contributed by atoms with van der Waals surface area (Å²) in [7, 11) is 2.10. The van der Waals surface area contributed by atoms with Crippen molar-refractivity contribution >= 4 is 16.9 Å². The second-order valence-electron chi connectivity index (χ2n) is 10.1. The van der Waals surface area contributed by atoms with E-state index in [0.717, 1.165) is 35.4 Å². The van der Waals surface area contributed by atoms with Crippen molar-refractivity contribution in [3.8, 4) is 17.2 Å². The lowest BCUT2D eigenvalue weighted by atomic mass is 10.2. The van der Waals surface area contributed by atoms with E-state index in [1.165, 1.54) is 12.8 Å². The number of imidazole rings is 1. The Morgan fingerprint density at radius 2 is 1.79 bits per heavy atom. The maximum absolute atomic E-state index is 13.8. The zero-order valence-corrected chi connectivity index (χ0v) is 21.4. The van der Waals surface area contributed by atoms with Gasteiger partial charge < -0.3 is 9.64 Å². The summed E-state index contributed by atoms with van der Waals surface area (Å²) in [6.45, 7) is 1.91. The molecule has 3 heterocycles. The van der Waals surface area contributed by atoms with Crippen molar-refractivity contribution in [1.82, 2.24) is 23.9 Å². The van der Waals surface area contributed by atoms with Crippen LogP contribution in [-0.4, -0.2) is 62.5 Å². The number of benzene rings is 2. The van der Waals surface area contributed by atoms with Crippen LogP contribution in [0, 0.1) is 0 Å². The van der Waals surface area contributed by atoms with Crippen LogP contribution in [0.4, 0.5) is 0 Å². The van der Waals surface area contributed by atoms with E-state index in [4.69, 9.17) is 4.74 Å². The second kappa shape index (κ2) is 10.3. The highest BCUT2D eigenvalue weighted by Crippen LogP contribution is 2.28. The van der Waals surface area contributed by atoms with Crippen LogP contribution in [0.3, 0.4) is 0 Å². The number of likely N-dealkylation sites (tertiary alicyclic amines) is 1. The number of likely N-dealkylation sites (N-methyl/N-ethyl adjacent to an activating group) is 1. The molecule has 0 spiro atoms. The third-order valence-electron chi connectivity index (χ3n) is 7.41. The Hall–Kier alpha value is -4.17. The van der Waals surface area contributed by atoms with Crippen molar-refractivity contribution in [3.05, 3.63) is 95.7 Å². The molecule has 1 saturated heterocycles. The van der Waals surface area contributed by atoms with E-state index in [0.29, 0.717) is 24.9 Å². The smallest absolute Gasteiger partial charge is 0.334 e. The highest BCUT2D eigenvalue weighted by Gasteiger charge is 2.30. The largest absolute Gasteiger partial charge is 0.457 e. The number of pyridine rings is 1. The van der Waals surface area contributed by atoms with Gasteiger partial charge in [-0.25, -0.2) is 4.79 Å². The number of rotatable bonds is 8. The van der Waals surface area contributed by atoms with Gasteiger partial charge in [-0.2, -0.15) is 0 Å². The summed E-state index contributed by atoms with van der Waals surface area (Å²) in [5.74, 6) is 1.45. The van der Waals surface area contributed by atoms with Crippen LogP contribution < -0.4 is 10.4 Å². The van der Waals surface area contributed by atoms with Crippen molar-refractivity contribution in [1.29, 1.82) is 0 Å². The van der Waals surface area contributed by atoms with E-state index in [2.05, 4.69) is 16.9 Å². The molecule has 2 aliphatic rings. The van der Waals surface area contributed by atoms with Crippen LogP contribution in [0.2, 0.25) is 0 Å². The molecule has 0 N–H and O–H groups in total. The molecule has 8 nitrogen and oxygen atoms in total. The lowest BCUT2D eigenvalue weighted by Crippen LogP contribution is -2.31. The van der Waals surface area contributed by atoms with Gasteiger partial charge in [0.1, 0.15) is 11.5 Å². The van der Waals surface area contributed by atoms with E-state index < -0.39 is 0 Å². The summed E-state index contributed by atoms with van der Waals surface area (Å²) in [4.78, 5) is 35.0. The molecular weight excluding hydrogens is 478 g/mol. The number of amides is 1. The molecule has 0 radical (unpaired) electrons. The summed E-state index contributed by atoms with van der Waals surface area (Å²) in [6, 6.07) is 19.5. The fourth-order valence-corrected chi connectivity index (χ4v) is 5.20. The Morgan fingerprint density at radius 1 is 1.03 bits per heavy atom. The third kappa shape index (κ3) is 4.87. The lowest BCUT2D eigenvalue weighted by molar-refractivity contribution is -0.125. The molecule has 1 aliphatic carbocycles. The van der Waals surface area contributed by atoms with E-state index in [9.17, 15) is 9.59 Å². The Bertz CT molecular complexity index is 1520. The molecule has 4 aromatic rings. The van der Waals surface area contributed by atoms with E-state index in [1.807, 2.05) is 76.2 Å². The Kier molecular flexibility index (Phi) is 6.55. The van der Waals surface area contributed by atoms with Gasteiger partial charge in [0.2, 0.25) is 5.91 Å². The predicted octanol–water partition coefficient (Wildman–Crippen LogP) is 4.40. The molecule has 8 heteroatoms. The first-order valence-corrected chi connectivity index (χ1v) is 13.1. The van der Waals surface area contributed by atoms with Crippen molar-refractivity contribution in [2.24, 2.45) is 0 Å². The summed E-state index contributed by atoms with van der Waals surface area (Å²) in [5.41, 5.74) is 2.16. The highest BCUT2D eigenvalue weighted by atomic mass is 16.5. The molecule has 1 unspecified atom stereocenters. The quantitative estimate of drug-likeness (QED) is 0.329. The maximum Gasteiger partial charge on any atom is 0.334 e. The number of hydrogen-bond acceptors (Lipinski definition) is 5. The van der Waals surface area contributed by atoms with Gasteiger partial charge in [-0.3, -0.25) is 23.8 Å². The molecule has 2 fully saturated rings. The van der Waals surface area contributed by atoms with Gasteiger partial charge in [-0.15, -0.1) is 0 Å². The van der Waals surface area contributed by atoms with Crippen molar-refractivity contribution in [2.45, 2.75) is 31.3 Å². The molecule has 2 aromatic heterocycles. The summed E-state index contributed by atoms with van der Waals surface area (Å²) >= 11 is 0. The van der Waals surface area contributed by atoms with Gasteiger partial charge in [-0.05, 0) is 68.8 Å². The molecule has 0 bridgehead atoms. The molecule has 38 heavy (non-hydrogen) atoms. The van der Waals surface area contributed by atoms with Crippen LogP contribution in [0.5, 0.6) is 11.5 Å². The number of carbonyl (C=O) groups excluding carboxylic acids is 1. The molecule has 6 rings (SSSR count). The van der Waals surface area contributed by atoms with Crippen molar-refractivity contribution in [2.75, 3.05) is 26.7 Å². The van der Waals surface area contributed by atoms with Gasteiger partial charge in [0.15, 0.2) is 0 Å². The number of aromatic nitrogens is 3. The summed E-state index contributed by atoms with van der Waals surface area (Å²) < 4.78 is 9.42. The van der Waals surface area contributed by atoms with Crippen LogP contribution in [-0.2, 0) is 4.79 Å². The molecule has 1 amide bonds. The average molecular weight is 510 g/mol. The minimum Gasteiger partial charge on any atom is -0.457 e. The Balaban J connectivity index is 1.22. The Morgan fingerprint density at radius 3 is 2.55 bits per heavy atom. The molecule has 2 aromatic carbocycles. The van der Waals surface area contributed by atoms with Gasteiger partial charge in [0.25, 0.3) is 0 Å². The minimum absolute atomic E-state index is 0.00385. The monoisotopic (exact) mass is 509 g/mol. The number of carbonyl (C=O) groups is 1. The zero-order chi connectivity index (χ0) is 26.1. The third-order valence-corrected chi connectivity index (χ3v) is 7.41. The van der Waals surface area contributed by atoms with E-state index in [-0.39, 0.29) is 17.6 Å². The first kappa shape index (κ1) is 24.2. The predicted molar refractivity (Wildman–Crippen MR) is 147 cm³/mol. The summed E-state index contributed by atoms with van der Waals surface area (Å²) in [5, 5.41) is 0. The van der Waals surface area contributed by atoms with Crippen LogP contribution >= 0.6 is 0 Å². The number of fused-ring (bicyclic) bond motifs is 1. The molecule has 1 saturated carbocycles. The zero-order valence-electron chi connectivity index (χ0n) is 21.4. The number of nitrogens with zero attached hydrogens (tertiary/aromatic N) is 5. The van der Waals surface area contributed by atoms with Crippen molar-refractivity contribution < 1.29 is 9.53 Å². The van der Waals surface area contributed by atoms with Gasteiger partial charge in [-0.1, -0.05) is 24.3 Å². The lowest BCUT2D eigenvalue weighted by Gasteiger charge is -2.16. The molecule has 1 atom stereocenters. The number of para-hydroxylation sites is 1. The SMILES string of the molecule is CN(CC=CC(=O)N1CCC(n2c(=O)n(-c3ccc(Oc4ccccc4)cc3)c3cnccc32)C1)C1CC1. The van der Waals surface area contributed by atoms with Gasteiger partial charge >= 0.3 is 5.69 Å². The highest BCUT2D eigenvalue weighted by molar-refractivity contribution is 5.88.